The lowest BCUT2D eigenvalue weighted by atomic mass is 10.2. The molecule has 1 aliphatic heterocycles. The van der Waals surface area contributed by atoms with Crippen LogP contribution in [0.1, 0.15) is 45.0 Å². The molecule has 1 amide bonds. The summed E-state index contributed by atoms with van der Waals surface area (Å²) in [6.07, 6.45) is 4.18. The molecular formula is C23H34N6O3. The number of carbonyl (C=O) groups excluding carboxylic acids is 1. The standard InChI is InChI=1S/C23H34N6O3/c1-4-9-26-11-13-27(14-12-26)10-6-8-24-22(30)18(5-2)29-23(31)20-16-21-19(7-15-32-21)28(20)17(3)25-29/h7,15-16,18H,4-6,8-14H2,1-3H3,(H,24,30)/t18-/m1/s1. The number of nitrogens with one attached hydrogen (secondary N) is 1. The van der Waals surface area contributed by atoms with E-state index < -0.39 is 6.04 Å². The summed E-state index contributed by atoms with van der Waals surface area (Å²) in [5.41, 5.74) is 1.63. The molecule has 0 saturated carbocycles. The molecular weight excluding hydrogens is 408 g/mol. The number of hydrogen-bond acceptors (Lipinski definition) is 6. The summed E-state index contributed by atoms with van der Waals surface area (Å²) >= 11 is 0. The predicted molar refractivity (Wildman–Crippen MR) is 124 cm³/mol. The molecule has 4 heterocycles. The molecule has 0 unspecified atom stereocenters. The number of fused-ring (bicyclic) bond motifs is 3. The number of nitrogens with zero attached hydrogens (tertiary/aromatic N) is 5. The Morgan fingerprint density at radius 2 is 1.88 bits per heavy atom. The molecule has 0 aromatic carbocycles. The van der Waals surface area contributed by atoms with E-state index in [4.69, 9.17) is 4.42 Å². The van der Waals surface area contributed by atoms with Gasteiger partial charge in [0.05, 0.1) is 11.8 Å². The lowest BCUT2D eigenvalue weighted by Crippen LogP contribution is -2.47. The van der Waals surface area contributed by atoms with Gasteiger partial charge < -0.3 is 19.5 Å². The van der Waals surface area contributed by atoms with Crippen molar-refractivity contribution in [3.8, 4) is 0 Å². The molecule has 32 heavy (non-hydrogen) atoms. The second kappa shape index (κ2) is 9.87. The highest BCUT2D eigenvalue weighted by Crippen LogP contribution is 2.21. The SMILES string of the molecule is CCCN1CCN(CCCNC(=O)[C@@H](CC)n2nc(C)n3c(cc4occc43)c2=O)CC1. The third-order valence-electron chi connectivity index (χ3n) is 6.37. The van der Waals surface area contributed by atoms with E-state index in [2.05, 4.69) is 27.1 Å². The Morgan fingerprint density at radius 1 is 1.16 bits per heavy atom. The van der Waals surface area contributed by atoms with E-state index in [-0.39, 0.29) is 11.5 Å². The molecule has 1 saturated heterocycles. The number of aryl methyl sites for hydroxylation is 1. The molecule has 1 atom stereocenters. The van der Waals surface area contributed by atoms with Crippen LogP contribution in [0.3, 0.4) is 0 Å². The maximum absolute atomic E-state index is 13.1. The molecule has 0 radical (unpaired) electrons. The number of piperazine rings is 1. The highest BCUT2D eigenvalue weighted by Gasteiger charge is 2.24. The van der Waals surface area contributed by atoms with Crippen molar-refractivity contribution in [2.24, 2.45) is 0 Å². The summed E-state index contributed by atoms with van der Waals surface area (Å²) in [6, 6.07) is 2.90. The molecule has 1 fully saturated rings. The van der Waals surface area contributed by atoms with Gasteiger partial charge in [-0.05, 0) is 39.3 Å². The highest BCUT2D eigenvalue weighted by molar-refractivity contribution is 5.83. The minimum absolute atomic E-state index is 0.158. The van der Waals surface area contributed by atoms with Gasteiger partial charge in [0.25, 0.3) is 5.56 Å². The summed E-state index contributed by atoms with van der Waals surface area (Å²) < 4.78 is 8.54. The average molecular weight is 443 g/mol. The molecule has 3 aromatic heterocycles. The molecule has 1 N–H and O–H groups in total. The quantitative estimate of drug-likeness (QED) is 0.510. The van der Waals surface area contributed by atoms with Gasteiger partial charge in [0.1, 0.15) is 17.4 Å². The van der Waals surface area contributed by atoms with E-state index in [1.54, 1.807) is 16.7 Å². The first-order valence-electron chi connectivity index (χ1n) is 11.7. The van der Waals surface area contributed by atoms with Crippen LogP contribution in [0.5, 0.6) is 0 Å². The minimum atomic E-state index is -0.634. The van der Waals surface area contributed by atoms with Crippen LogP contribution in [0, 0.1) is 6.92 Å². The van der Waals surface area contributed by atoms with Crippen molar-refractivity contribution in [2.75, 3.05) is 45.8 Å². The minimum Gasteiger partial charge on any atom is -0.463 e. The second-order valence-corrected chi connectivity index (χ2v) is 8.58. The molecule has 1 aliphatic rings. The first kappa shape index (κ1) is 22.5. The third-order valence-corrected chi connectivity index (χ3v) is 6.37. The number of amides is 1. The van der Waals surface area contributed by atoms with Crippen LogP contribution < -0.4 is 10.9 Å². The normalized spacial score (nSPS) is 16.7. The lowest BCUT2D eigenvalue weighted by Gasteiger charge is -2.34. The number of carbonyl (C=O) groups is 1. The predicted octanol–water partition coefficient (Wildman–Crippen LogP) is 2.04. The molecule has 3 aromatic rings. The van der Waals surface area contributed by atoms with Crippen molar-refractivity contribution in [3.63, 3.8) is 0 Å². The lowest BCUT2D eigenvalue weighted by molar-refractivity contribution is -0.124. The molecule has 0 spiro atoms. The summed E-state index contributed by atoms with van der Waals surface area (Å²) in [6.45, 7) is 13.1. The van der Waals surface area contributed by atoms with Crippen LogP contribution in [0.25, 0.3) is 16.6 Å². The maximum Gasteiger partial charge on any atom is 0.291 e. The fourth-order valence-electron chi connectivity index (χ4n) is 4.66. The van der Waals surface area contributed by atoms with Crippen molar-refractivity contribution < 1.29 is 9.21 Å². The number of furan rings is 1. The second-order valence-electron chi connectivity index (χ2n) is 8.58. The van der Waals surface area contributed by atoms with Crippen molar-refractivity contribution in [1.82, 2.24) is 29.3 Å². The van der Waals surface area contributed by atoms with Crippen LogP contribution in [0.2, 0.25) is 0 Å². The fraction of sp³-hybridized carbons (Fsp3) is 0.609. The van der Waals surface area contributed by atoms with Crippen LogP contribution in [0.4, 0.5) is 0 Å². The van der Waals surface area contributed by atoms with Gasteiger partial charge in [0.15, 0.2) is 5.58 Å². The summed E-state index contributed by atoms with van der Waals surface area (Å²) in [5, 5.41) is 7.49. The van der Waals surface area contributed by atoms with E-state index in [0.29, 0.717) is 29.9 Å². The molecule has 9 heteroatoms. The third kappa shape index (κ3) is 4.45. The topological polar surface area (TPSA) is 88.0 Å². The molecule has 174 valence electrons. The smallest absolute Gasteiger partial charge is 0.291 e. The Bertz CT molecular complexity index is 1120. The van der Waals surface area contributed by atoms with Crippen molar-refractivity contribution in [2.45, 2.75) is 46.1 Å². The van der Waals surface area contributed by atoms with Crippen molar-refractivity contribution in [1.29, 1.82) is 0 Å². The Morgan fingerprint density at radius 3 is 2.56 bits per heavy atom. The van der Waals surface area contributed by atoms with Crippen molar-refractivity contribution >= 4 is 22.5 Å². The molecule has 0 aliphatic carbocycles. The Kier molecular flexibility index (Phi) is 6.95. The first-order chi connectivity index (χ1) is 15.5. The first-order valence-corrected chi connectivity index (χ1v) is 11.7. The van der Waals surface area contributed by atoms with Crippen LogP contribution >= 0.6 is 0 Å². The van der Waals surface area contributed by atoms with Gasteiger partial charge in [-0.15, -0.1) is 0 Å². The van der Waals surface area contributed by atoms with Gasteiger partial charge in [-0.3, -0.25) is 14.0 Å². The largest absolute Gasteiger partial charge is 0.463 e. The number of hydrogen-bond donors (Lipinski definition) is 1. The number of aromatic nitrogens is 3. The van der Waals surface area contributed by atoms with Gasteiger partial charge in [0.2, 0.25) is 5.91 Å². The highest BCUT2D eigenvalue weighted by atomic mass is 16.3. The van der Waals surface area contributed by atoms with E-state index in [0.717, 1.165) is 44.7 Å². The van der Waals surface area contributed by atoms with E-state index in [1.165, 1.54) is 17.6 Å². The van der Waals surface area contributed by atoms with E-state index in [9.17, 15) is 9.59 Å². The monoisotopic (exact) mass is 442 g/mol. The zero-order chi connectivity index (χ0) is 22.7. The van der Waals surface area contributed by atoms with Crippen LogP contribution in [-0.2, 0) is 4.79 Å². The zero-order valence-electron chi connectivity index (χ0n) is 19.3. The Balaban J connectivity index is 1.36. The van der Waals surface area contributed by atoms with Gasteiger partial charge in [0, 0.05) is 44.9 Å². The molecule has 4 rings (SSSR count). The Hall–Kier alpha value is -2.65. The summed E-state index contributed by atoms with van der Waals surface area (Å²) in [4.78, 5) is 31.0. The van der Waals surface area contributed by atoms with Crippen LogP contribution in [-0.4, -0.2) is 75.7 Å². The average Bonchev–Trinajstić information content (AvgIpc) is 3.38. The van der Waals surface area contributed by atoms with E-state index in [1.807, 2.05) is 19.9 Å². The van der Waals surface area contributed by atoms with Gasteiger partial charge >= 0.3 is 0 Å². The van der Waals surface area contributed by atoms with Crippen LogP contribution in [0.15, 0.2) is 27.6 Å². The van der Waals surface area contributed by atoms with E-state index >= 15 is 0 Å². The summed E-state index contributed by atoms with van der Waals surface area (Å²) in [5.74, 6) is 0.485. The summed E-state index contributed by atoms with van der Waals surface area (Å²) in [7, 11) is 0. The zero-order valence-corrected chi connectivity index (χ0v) is 19.3. The van der Waals surface area contributed by atoms with Gasteiger partial charge in [-0.1, -0.05) is 13.8 Å². The number of rotatable bonds is 9. The molecule has 0 bridgehead atoms. The van der Waals surface area contributed by atoms with Gasteiger partial charge in [-0.2, -0.15) is 5.10 Å². The van der Waals surface area contributed by atoms with Gasteiger partial charge in [-0.25, -0.2) is 4.68 Å². The molecule has 9 nitrogen and oxygen atoms in total. The maximum atomic E-state index is 13.1. The Labute approximate surface area is 188 Å². The van der Waals surface area contributed by atoms with Crippen molar-refractivity contribution in [3.05, 3.63) is 34.6 Å². The fourth-order valence-corrected chi connectivity index (χ4v) is 4.66.